The Morgan fingerprint density at radius 1 is 1.24 bits per heavy atom. The number of unbranched alkanes of at least 4 members (excludes halogenated alkanes) is 2. The second kappa shape index (κ2) is 8.32. The highest BCUT2D eigenvalue weighted by Crippen LogP contribution is 2.45. The number of carbonyl (C=O) groups is 2. The summed E-state index contributed by atoms with van der Waals surface area (Å²) in [5.74, 6) is -1.03. The number of benzene rings is 1. The molecule has 0 fully saturated rings. The van der Waals surface area contributed by atoms with Crippen molar-refractivity contribution in [2.24, 2.45) is 5.41 Å². The molecule has 2 rings (SSSR count). The third-order valence-electron chi connectivity index (χ3n) is 5.01. The number of hydrogen-bond acceptors (Lipinski definition) is 4. The van der Waals surface area contributed by atoms with Crippen LogP contribution in [0.15, 0.2) is 30.4 Å². The molecule has 1 aliphatic carbocycles. The predicted molar refractivity (Wildman–Crippen MR) is 97.4 cm³/mol. The van der Waals surface area contributed by atoms with Gasteiger partial charge in [-0.25, -0.2) is 0 Å². The molecule has 4 nitrogen and oxygen atoms in total. The Labute approximate surface area is 150 Å². The zero-order valence-electron chi connectivity index (χ0n) is 15.6. The molecule has 0 aliphatic heterocycles. The van der Waals surface area contributed by atoms with Gasteiger partial charge in [-0.15, -0.1) is 0 Å². The van der Waals surface area contributed by atoms with Crippen LogP contribution in [0.25, 0.3) is 0 Å². The van der Waals surface area contributed by atoms with Gasteiger partial charge < -0.3 is 9.47 Å². The summed E-state index contributed by atoms with van der Waals surface area (Å²) in [6, 6.07) is 6.18. The molecule has 0 saturated carbocycles. The first-order valence-corrected chi connectivity index (χ1v) is 8.91. The maximum atomic E-state index is 12.5. The number of rotatable bonds is 6. The Balaban J connectivity index is 2.47. The molecule has 1 aromatic carbocycles. The highest BCUT2D eigenvalue weighted by Gasteiger charge is 2.52. The fourth-order valence-electron chi connectivity index (χ4n) is 3.64. The number of fused-ring (bicyclic) bond motifs is 1. The Bertz CT molecular complexity index is 644. The van der Waals surface area contributed by atoms with E-state index in [1.54, 1.807) is 0 Å². The van der Waals surface area contributed by atoms with Crippen molar-refractivity contribution in [3.63, 3.8) is 0 Å². The van der Waals surface area contributed by atoms with Crippen LogP contribution in [0, 0.1) is 12.3 Å². The van der Waals surface area contributed by atoms with Crippen molar-refractivity contribution in [3.05, 3.63) is 47.0 Å². The van der Waals surface area contributed by atoms with E-state index in [-0.39, 0.29) is 5.92 Å². The fraction of sp³-hybridized carbons (Fsp3) is 0.524. The van der Waals surface area contributed by atoms with E-state index in [0.29, 0.717) is 12.8 Å². The van der Waals surface area contributed by atoms with Crippen LogP contribution in [-0.2, 0) is 25.5 Å². The highest BCUT2D eigenvalue weighted by atomic mass is 16.5. The molecule has 1 aliphatic rings. The molecule has 136 valence electrons. The van der Waals surface area contributed by atoms with Crippen molar-refractivity contribution in [1.29, 1.82) is 0 Å². The van der Waals surface area contributed by atoms with E-state index < -0.39 is 17.4 Å². The topological polar surface area (TPSA) is 52.6 Å². The van der Waals surface area contributed by atoms with E-state index in [1.165, 1.54) is 25.3 Å². The van der Waals surface area contributed by atoms with Gasteiger partial charge in [-0.3, -0.25) is 9.59 Å². The summed E-state index contributed by atoms with van der Waals surface area (Å²) in [5, 5.41) is 0. The standard InChI is InChI=1S/C21H28O4/c1-5-6-7-8-9-16-13-21(19(22)24-3,20(23)25-4)14-17-11-10-15(2)12-18(16)17/h8-12,16H,5-7,13-14H2,1-4H3/b9-8-. The van der Waals surface area contributed by atoms with Crippen LogP contribution in [0.3, 0.4) is 0 Å². The lowest BCUT2D eigenvalue weighted by Crippen LogP contribution is -2.46. The molecule has 0 saturated heterocycles. The Morgan fingerprint density at radius 2 is 1.92 bits per heavy atom. The number of allylic oxidation sites excluding steroid dienone is 2. The van der Waals surface area contributed by atoms with Crippen LogP contribution in [0.4, 0.5) is 0 Å². The monoisotopic (exact) mass is 344 g/mol. The van der Waals surface area contributed by atoms with Gasteiger partial charge in [-0.2, -0.15) is 0 Å². The zero-order chi connectivity index (χ0) is 18.4. The smallest absolute Gasteiger partial charge is 0.323 e. The first-order valence-electron chi connectivity index (χ1n) is 8.91. The molecule has 1 aromatic rings. The molecule has 0 spiro atoms. The van der Waals surface area contributed by atoms with E-state index in [0.717, 1.165) is 24.8 Å². The summed E-state index contributed by atoms with van der Waals surface area (Å²) in [6.07, 6.45) is 8.25. The zero-order valence-corrected chi connectivity index (χ0v) is 15.6. The predicted octanol–water partition coefficient (Wildman–Crippen LogP) is 4.10. The van der Waals surface area contributed by atoms with Crippen molar-refractivity contribution in [2.75, 3.05) is 14.2 Å². The minimum Gasteiger partial charge on any atom is -0.468 e. The van der Waals surface area contributed by atoms with Crippen LogP contribution in [0.5, 0.6) is 0 Å². The quantitative estimate of drug-likeness (QED) is 0.337. The normalized spacial score (nSPS) is 18.6. The number of aryl methyl sites for hydroxylation is 1. The van der Waals surface area contributed by atoms with E-state index in [1.807, 2.05) is 12.1 Å². The van der Waals surface area contributed by atoms with Gasteiger partial charge in [-0.1, -0.05) is 55.7 Å². The van der Waals surface area contributed by atoms with Gasteiger partial charge in [0.2, 0.25) is 0 Å². The largest absolute Gasteiger partial charge is 0.468 e. The third-order valence-corrected chi connectivity index (χ3v) is 5.01. The molecular formula is C21H28O4. The minimum absolute atomic E-state index is 0.00120. The van der Waals surface area contributed by atoms with Crippen LogP contribution in [0.2, 0.25) is 0 Å². The molecule has 0 radical (unpaired) electrons. The molecule has 0 bridgehead atoms. The SMILES string of the molecule is CCCC/C=C\C1CC(C(=O)OC)(C(=O)OC)Cc2ccc(C)cc21. The maximum absolute atomic E-state index is 12.5. The minimum atomic E-state index is -1.27. The lowest BCUT2D eigenvalue weighted by atomic mass is 9.66. The molecule has 4 heteroatoms. The summed E-state index contributed by atoms with van der Waals surface area (Å²) in [7, 11) is 2.65. The highest BCUT2D eigenvalue weighted by molar-refractivity contribution is 6.00. The lowest BCUT2D eigenvalue weighted by Gasteiger charge is -2.37. The molecule has 0 N–H and O–H groups in total. The van der Waals surface area contributed by atoms with Gasteiger partial charge >= 0.3 is 11.9 Å². The van der Waals surface area contributed by atoms with Gasteiger partial charge in [0, 0.05) is 5.92 Å². The second-order valence-corrected chi connectivity index (χ2v) is 6.83. The number of esters is 2. The summed E-state index contributed by atoms with van der Waals surface area (Å²) in [4.78, 5) is 25.1. The number of methoxy groups -OCH3 is 2. The number of ether oxygens (including phenoxy) is 2. The summed E-state index contributed by atoms with van der Waals surface area (Å²) in [6.45, 7) is 4.22. The van der Waals surface area contributed by atoms with E-state index >= 15 is 0 Å². The second-order valence-electron chi connectivity index (χ2n) is 6.83. The van der Waals surface area contributed by atoms with Crippen LogP contribution in [0.1, 0.15) is 55.2 Å². The van der Waals surface area contributed by atoms with Gasteiger partial charge in [0.15, 0.2) is 5.41 Å². The van der Waals surface area contributed by atoms with E-state index in [4.69, 9.17) is 9.47 Å². The molecule has 1 unspecified atom stereocenters. The van der Waals surface area contributed by atoms with Crippen LogP contribution >= 0.6 is 0 Å². The first-order chi connectivity index (χ1) is 12.0. The maximum Gasteiger partial charge on any atom is 0.323 e. The third kappa shape index (κ3) is 3.94. The van der Waals surface area contributed by atoms with Gasteiger partial charge in [0.25, 0.3) is 0 Å². The van der Waals surface area contributed by atoms with Crippen molar-refractivity contribution in [1.82, 2.24) is 0 Å². The fourth-order valence-corrected chi connectivity index (χ4v) is 3.64. The number of hydrogen-bond donors (Lipinski definition) is 0. The number of carbonyl (C=O) groups excluding carboxylic acids is 2. The lowest BCUT2D eigenvalue weighted by molar-refractivity contribution is -0.170. The molecule has 0 aromatic heterocycles. The Hall–Kier alpha value is -2.10. The van der Waals surface area contributed by atoms with Crippen molar-refractivity contribution >= 4 is 11.9 Å². The van der Waals surface area contributed by atoms with E-state index in [9.17, 15) is 9.59 Å². The Morgan fingerprint density at radius 3 is 2.52 bits per heavy atom. The van der Waals surface area contributed by atoms with Crippen molar-refractivity contribution in [3.8, 4) is 0 Å². The molecule has 0 heterocycles. The van der Waals surface area contributed by atoms with Crippen LogP contribution < -0.4 is 0 Å². The summed E-state index contributed by atoms with van der Waals surface area (Å²) >= 11 is 0. The van der Waals surface area contributed by atoms with E-state index in [2.05, 4.69) is 32.1 Å². The van der Waals surface area contributed by atoms with Gasteiger partial charge in [-0.05, 0) is 37.3 Å². The first kappa shape index (κ1) is 19.2. The molecular weight excluding hydrogens is 316 g/mol. The van der Waals surface area contributed by atoms with Gasteiger partial charge in [0.05, 0.1) is 14.2 Å². The average molecular weight is 344 g/mol. The molecule has 0 amide bonds. The van der Waals surface area contributed by atoms with Gasteiger partial charge in [0.1, 0.15) is 0 Å². The van der Waals surface area contributed by atoms with Crippen molar-refractivity contribution < 1.29 is 19.1 Å². The average Bonchev–Trinajstić information content (AvgIpc) is 2.63. The molecule has 1 atom stereocenters. The molecule has 25 heavy (non-hydrogen) atoms. The van der Waals surface area contributed by atoms with Crippen LogP contribution in [-0.4, -0.2) is 26.2 Å². The Kier molecular flexibility index (Phi) is 6.40. The summed E-state index contributed by atoms with van der Waals surface area (Å²) < 4.78 is 9.96. The van der Waals surface area contributed by atoms with Crippen molar-refractivity contribution in [2.45, 2.75) is 51.9 Å². The summed E-state index contributed by atoms with van der Waals surface area (Å²) in [5.41, 5.74) is 2.11.